The number of hydrogen-bond acceptors (Lipinski definition) is 3. The van der Waals surface area contributed by atoms with E-state index in [1.54, 1.807) is 0 Å². The van der Waals surface area contributed by atoms with E-state index >= 15 is 0 Å². The fourth-order valence-corrected chi connectivity index (χ4v) is 2.22. The van der Waals surface area contributed by atoms with E-state index in [1.807, 2.05) is 0 Å². The predicted octanol–water partition coefficient (Wildman–Crippen LogP) is 1.74. The third-order valence-corrected chi connectivity index (χ3v) is 3.13. The second-order valence-electron chi connectivity index (χ2n) is 5.53. The van der Waals surface area contributed by atoms with Crippen molar-refractivity contribution in [1.82, 2.24) is 10.2 Å². The molecule has 1 unspecified atom stereocenters. The van der Waals surface area contributed by atoms with Gasteiger partial charge in [-0.1, -0.05) is 13.3 Å². The Morgan fingerprint density at radius 3 is 2.22 bits per heavy atom. The lowest BCUT2D eigenvalue weighted by Crippen LogP contribution is -2.43. The Morgan fingerprint density at radius 1 is 1.22 bits per heavy atom. The van der Waals surface area contributed by atoms with Gasteiger partial charge in [0.15, 0.2) is 0 Å². The third-order valence-electron chi connectivity index (χ3n) is 3.13. The highest BCUT2D eigenvalue weighted by molar-refractivity contribution is 5.76. The second-order valence-corrected chi connectivity index (χ2v) is 5.53. The zero-order valence-electron chi connectivity index (χ0n) is 12.7. The van der Waals surface area contributed by atoms with Crippen LogP contribution in [-0.4, -0.2) is 42.0 Å². The topological polar surface area (TPSA) is 58.4 Å². The third kappa shape index (κ3) is 7.67. The molecule has 0 aromatic carbocycles. The summed E-state index contributed by atoms with van der Waals surface area (Å²) in [5.74, 6) is 0.0726. The predicted molar refractivity (Wildman–Crippen MR) is 77.5 cm³/mol. The number of nitrogens with two attached hydrogens (primary N) is 1. The van der Waals surface area contributed by atoms with Crippen LogP contribution < -0.4 is 11.1 Å². The monoisotopic (exact) mass is 257 g/mol. The van der Waals surface area contributed by atoms with E-state index in [9.17, 15) is 4.79 Å². The molecule has 0 spiro atoms. The number of carbonyl (C=O) groups excluding carboxylic acids is 1. The van der Waals surface area contributed by atoms with Crippen LogP contribution in [0, 0.1) is 0 Å². The molecule has 0 saturated carbocycles. The van der Waals surface area contributed by atoms with E-state index in [4.69, 9.17) is 5.73 Å². The van der Waals surface area contributed by atoms with Crippen molar-refractivity contribution in [3.05, 3.63) is 0 Å². The van der Waals surface area contributed by atoms with Crippen LogP contribution in [0.4, 0.5) is 0 Å². The summed E-state index contributed by atoms with van der Waals surface area (Å²) in [6, 6.07) is 1.01. The van der Waals surface area contributed by atoms with Crippen molar-refractivity contribution in [2.45, 2.75) is 72.0 Å². The Bertz CT molecular complexity index is 221. The normalized spacial score (nSPS) is 13.4. The summed E-state index contributed by atoms with van der Waals surface area (Å²) in [5.41, 5.74) is 5.84. The molecule has 0 rings (SSSR count). The summed E-state index contributed by atoms with van der Waals surface area (Å²) in [7, 11) is 0. The zero-order valence-corrected chi connectivity index (χ0v) is 12.7. The van der Waals surface area contributed by atoms with Crippen LogP contribution in [0.2, 0.25) is 0 Å². The Kier molecular flexibility index (Phi) is 9.02. The summed E-state index contributed by atoms with van der Waals surface area (Å²) in [5, 5.41) is 2.95. The van der Waals surface area contributed by atoms with Gasteiger partial charge >= 0.3 is 0 Å². The zero-order chi connectivity index (χ0) is 14.1. The van der Waals surface area contributed by atoms with Gasteiger partial charge in [-0.25, -0.2) is 0 Å². The molecule has 0 aromatic rings. The number of nitrogens with one attached hydrogen (secondary N) is 1. The van der Waals surface area contributed by atoms with Gasteiger partial charge in [-0.2, -0.15) is 0 Å². The van der Waals surface area contributed by atoms with E-state index in [1.165, 1.54) is 0 Å². The molecular formula is C14H31N3O. The molecule has 1 amide bonds. The van der Waals surface area contributed by atoms with E-state index in [-0.39, 0.29) is 11.9 Å². The average Bonchev–Trinajstić information content (AvgIpc) is 2.23. The highest BCUT2D eigenvalue weighted by Gasteiger charge is 2.13. The maximum absolute atomic E-state index is 11.6. The summed E-state index contributed by atoms with van der Waals surface area (Å²) in [4.78, 5) is 14.0. The van der Waals surface area contributed by atoms with E-state index in [2.05, 4.69) is 44.8 Å². The molecule has 18 heavy (non-hydrogen) atoms. The van der Waals surface area contributed by atoms with Crippen molar-refractivity contribution in [3.8, 4) is 0 Å². The Morgan fingerprint density at radius 2 is 1.78 bits per heavy atom. The summed E-state index contributed by atoms with van der Waals surface area (Å²) < 4.78 is 0. The molecule has 4 heteroatoms. The molecule has 1 atom stereocenters. The van der Waals surface area contributed by atoms with Crippen molar-refractivity contribution >= 4 is 5.91 Å². The van der Waals surface area contributed by atoms with Crippen LogP contribution in [0.15, 0.2) is 0 Å². The second kappa shape index (κ2) is 9.34. The number of amides is 1. The molecule has 0 radical (unpaired) electrons. The molecule has 0 aliphatic heterocycles. The van der Waals surface area contributed by atoms with Crippen molar-refractivity contribution in [2.75, 3.05) is 13.1 Å². The smallest absolute Gasteiger partial charge is 0.221 e. The van der Waals surface area contributed by atoms with Crippen LogP contribution in [-0.2, 0) is 4.79 Å². The standard InChI is InChI=1S/C14H31N3O/c1-6-7-13(15)10-14(18)16-8-9-17(11(2)3)12(4)5/h11-13H,6-10,15H2,1-5H3,(H,16,18). The first-order chi connectivity index (χ1) is 8.38. The fraction of sp³-hybridized carbons (Fsp3) is 0.929. The first-order valence-electron chi connectivity index (χ1n) is 7.16. The quantitative estimate of drug-likeness (QED) is 0.661. The maximum atomic E-state index is 11.6. The van der Waals surface area contributed by atoms with Crippen LogP contribution in [0.25, 0.3) is 0 Å². The molecule has 3 N–H and O–H groups in total. The van der Waals surface area contributed by atoms with Gasteiger partial charge in [-0.15, -0.1) is 0 Å². The Hall–Kier alpha value is -0.610. The summed E-state index contributed by atoms with van der Waals surface area (Å²) >= 11 is 0. The van der Waals surface area contributed by atoms with Crippen molar-refractivity contribution < 1.29 is 4.79 Å². The minimum absolute atomic E-state index is 0.00120. The van der Waals surface area contributed by atoms with Gasteiger partial charge in [0.05, 0.1) is 0 Å². The lowest BCUT2D eigenvalue weighted by atomic mass is 10.1. The Balaban J connectivity index is 3.85. The van der Waals surface area contributed by atoms with Crippen LogP contribution in [0.1, 0.15) is 53.9 Å². The van der Waals surface area contributed by atoms with Crippen LogP contribution in [0.3, 0.4) is 0 Å². The maximum Gasteiger partial charge on any atom is 0.221 e. The lowest BCUT2D eigenvalue weighted by molar-refractivity contribution is -0.121. The molecule has 0 aliphatic carbocycles. The lowest BCUT2D eigenvalue weighted by Gasteiger charge is -2.30. The van der Waals surface area contributed by atoms with Crippen LogP contribution in [0.5, 0.6) is 0 Å². The number of carbonyl (C=O) groups is 1. The Labute approximate surface area is 112 Å². The molecule has 0 heterocycles. The molecule has 0 saturated heterocycles. The molecule has 4 nitrogen and oxygen atoms in total. The van der Waals surface area contributed by atoms with Gasteiger partial charge in [0.2, 0.25) is 5.91 Å². The van der Waals surface area contributed by atoms with Gasteiger partial charge in [0.1, 0.15) is 0 Å². The van der Waals surface area contributed by atoms with Crippen molar-refractivity contribution in [3.63, 3.8) is 0 Å². The molecule has 0 aromatic heterocycles. The van der Waals surface area contributed by atoms with E-state index in [0.717, 1.165) is 19.4 Å². The molecule has 108 valence electrons. The summed E-state index contributed by atoms with van der Waals surface area (Å²) in [6.45, 7) is 12.4. The summed E-state index contributed by atoms with van der Waals surface area (Å²) in [6.07, 6.45) is 2.39. The first-order valence-corrected chi connectivity index (χ1v) is 7.16. The van der Waals surface area contributed by atoms with Gasteiger partial charge in [0, 0.05) is 37.6 Å². The van der Waals surface area contributed by atoms with Crippen molar-refractivity contribution in [1.29, 1.82) is 0 Å². The van der Waals surface area contributed by atoms with Crippen LogP contribution >= 0.6 is 0 Å². The first kappa shape index (κ1) is 17.4. The minimum atomic E-state index is 0.00120. The molecule has 0 fully saturated rings. The van der Waals surface area contributed by atoms with E-state index < -0.39 is 0 Å². The fourth-order valence-electron chi connectivity index (χ4n) is 2.22. The highest BCUT2D eigenvalue weighted by Crippen LogP contribution is 2.03. The molecular weight excluding hydrogens is 226 g/mol. The van der Waals surface area contributed by atoms with Crippen molar-refractivity contribution in [2.24, 2.45) is 5.73 Å². The number of rotatable bonds is 9. The average molecular weight is 257 g/mol. The minimum Gasteiger partial charge on any atom is -0.355 e. The van der Waals surface area contributed by atoms with Gasteiger partial charge in [-0.3, -0.25) is 9.69 Å². The van der Waals surface area contributed by atoms with Gasteiger partial charge in [0.25, 0.3) is 0 Å². The SMILES string of the molecule is CCCC(N)CC(=O)NCCN(C(C)C)C(C)C. The highest BCUT2D eigenvalue weighted by atomic mass is 16.1. The number of nitrogens with zero attached hydrogens (tertiary/aromatic N) is 1. The molecule has 0 aliphatic rings. The molecule has 0 bridgehead atoms. The number of hydrogen-bond donors (Lipinski definition) is 2. The van der Waals surface area contributed by atoms with E-state index in [0.29, 0.717) is 25.0 Å². The largest absolute Gasteiger partial charge is 0.355 e. The van der Waals surface area contributed by atoms with Gasteiger partial charge in [-0.05, 0) is 34.1 Å². The van der Waals surface area contributed by atoms with Gasteiger partial charge < -0.3 is 11.1 Å².